The summed E-state index contributed by atoms with van der Waals surface area (Å²) in [5.41, 5.74) is 7.24. The van der Waals surface area contributed by atoms with E-state index in [1.165, 1.54) is 16.8 Å². The largest absolute Gasteiger partial charge is 0.326 e. The fourth-order valence-electron chi connectivity index (χ4n) is 1.80. The van der Waals surface area contributed by atoms with E-state index in [1.54, 1.807) is 26.2 Å². The SMILES string of the molecule is Cc1nn(C)cc1C(=O)Nc1ccc(CN)cc1F. The number of aromatic nitrogens is 2. The number of carbonyl (C=O) groups is 1. The van der Waals surface area contributed by atoms with Crippen molar-refractivity contribution in [2.24, 2.45) is 12.8 Å². The molecule has 0 saturated carbocycles. The number of nitrogens with two attached hydrogens (primary N) is 1. The predicted octanol–water partition coefficient (Wildman–Crippen LogP) is 1.58. The minimum absolute atomic E-state index is 0.130. The lowest BCUT2D eigenvalue weighted by Gasteiger charge is -2.07. The van der Waals surface area contributed by atoms with Crippen LogP contribution in [0.25, 0.3) is 0 Å². The first-order valence-corrected chi connectivity index (χ1v) is 5.81. The van der Waals surface area contributed by atoms with Crippen LogP contribution in [0.3, 0.4) is 0 Å². The molecule has 0 unspecified atom stereocenters. The third-order valence-electron chi connectivity index (χ3n) is 2.78. The van der Waals surface area contributed by atoms with E-state index in [0.29, 0.717) is 16.8 Å². The zero-order chi connectivity index (χ0) is 14.0. The minimum atomic E-state index is -0.502. The summed E-state index contributed by atoms with van der Waals surface area (Å²) >= 11 is 0. The number of anilines is 1. The van der Waals surface area contributed by atoms with E-state index >= 15 is 0 Å². The molecule has 0 saturated heterocycles. The fraction of sp³-hybridized carbons (Fsp3) is 0.231. The number of hydrogen-bond donors (Lipinski definition) is 2. The Morgan fingerprint density at radius 2 is 2.26 bits per heavy atom. The van der Waals surface area contributed by atoms with Gasteiger partial charge in [0.15, 0.2) is 0 Å². The maximum Gasteiger partial charge on any atom is 0.259 e. The van der Waals surface area contributed by atoms with E-state index < -0.39 is 5.82 Å². The van der Waals surface area contributed by atoms with E-state index in [1.807, 2.05) is 0 Å². The van der Waals surface area contributed by atoms with Gasteiger partial charge >= 0.3 is 0 Å². The third-order valence-corrected chi connectivity index (χ3v) is 2.78. The van der Waals surface area contributed by atoms with Crippen LogP contribution < -0.4 is 11.1 Å². The van der Waals surface area contributed by atoms with Gasteiger partial charge in [0.1, 0.15) is 5.82 Å². The molecule has 0 fully saturated rings. The van der Waals surface area contributed by atoms with Crippen LogP contribution in [-0.4, -0.2) is 15.7 Å². The molecule has 1 aromatic carbocycles. The average molecular weight is 262 g/mol. The van der Waals surface area contributed by atoms with Gasteiger partial charge in [-0.3, -0.25) is 9.48 Å². The van der Waals surface area contributed by atoms with Crippen LogP contribution in [0.1, 0.15) is 21.6 Å². The van der Waals surface area contributed by atoms with Crippen LogP contribution >= 0.6 is 0 Å². The summed E-state index contributed by atoms with van der Waals surface area (Å²) in [6.45, 7) is 1.98. The van der Waals surface area contributed by atoms with Crippen LogP contribution in [-0.2, 0) is 13.6 Å². The molecule has 100 valence electrons. The number of hydrogen-bond acceptors (Lipinski definition) is 3. The lowest BCUT2D eigenvalue weighted by molar-refractivity contribution is 0.102. The molecule has 5 nitrogen and oxygen atoms in total. The van der Waals surface area contributed by atoms with Crippen molar-refractivity contribution in [3.8, 4) is 0 Å². The lowest BCUT2D eigenvalue weighted by atomic mass is 10.2. The monoisotopic (exact) mass is 262 g/mol. The highest BCUT2D eigenvalue weighted by molar-refractivity contribution is 6.04. The Bertz CT molecular complexity index is 621. The average Bonchev–Trinajstić information content (AvgIpc) is 2.71. The van der Waals surface area contributed by atoms with Gasteiger partial charge in [0.2, 0.25) is 0 Å². The smallest absolute Gasteiger partial charge is 0.259 e. The molecule has 1 amide bonds. The summed E-state index contributed by atoms with van der Waals surface area (Å²) in [5, 5.41) is 6.59. The van der Waals surface area contributed by atoms with Crippen molar-refractivity contribution in [2.45, 2.75) is 13.5 Å². The van der Waals surface area contributed by atoms with E-state index in [2.05, 4.69) is 10.4 Å². The lowest BCUT2D eigenvalue weighted by Crippen LogP contribution is -2.13. The fourth-order valence-corrected chi connectivity index (χ4v) is 1.80. The van der Waals surface area contributed by atoms with E-state index in [-0.39, 0.29) is 18.1 Å². The van der Waals surface area contributed by atoms with E-state index in [9.17, 15) is 9.18 Å². The Labute approximate surface area is 110 Å². The maximum atomic E-state index is 13.7. The molecule has 19 heavy (non-hydrogen) atoms. The van der Waals surface area contributed by atoms with Crippen LogP contribution in [0.4, 0.5) is 10.1 Å². The molecule has 0 bridgehead atoms. The minimum Gasteiger partial charge on any atom is -0.326 e. The molecule has 6 heteroatoms. The summed E-state index contributed by atoms with van der Waals surface area (Å²) in [6, 6.07) is 4.49. The molecule has 1 aromatic heterocycles. The van der Waals surface area contributed by atoms with Crippen LogP contribution in [0.15, 0.2) is 24.4 Å². The van der Waals surface area contributed by atoms with Crippen molar-refractivity contribution in [3.05, 3.63) is 47.0 Å². The first-order chi connectivity index (χ1) is 9.01. The number of carbonyl (C=O) groups excluding carboxylic acids is 1. The quantitative estimate of drug-likeness (QED) is 0.882. The number of benzene rings is 1. The van der Waals surface area contributed by atoms with Gasteiger partial charge in [0, 0.05) is 19.8 Å². The number of amides is 1. The summed E-state index contributed by atoms with van der Waals surface area (Å²) < 4.78 is 15.3. The molecule has 2 rings (SSSR count). The molecular weight excluding hydrogens is 247 g/mol. The Kier molecular flexibility index (Phi) is 3.62. The zero-order valence-corrected chi connectivity index (χ0v) is 10.8. The Balaban J connectivity index is 2.22. The van der Waals surface area contributed by atoms with Crippen molar-refractivity contribution in [3.63, 3.8) is 0 Å². The van der Waals surface area contributed by atoms with E-state index in [0.717, 1.165) is 0 Å². The van der Waals surface area contributed by atoms with Crippen molar-refractivity contribution in [1.82, 2.24) is 9.78 Å². The number of nitrogens with one attached hydrogen (secondary N) is 1. The zero-order valence-electron chi connectivity index (χ0n) is 10.8. The van der Waals surface area contributed by atoms with Gasteiger partial charge < -0.3 is 11.1 Å². The van der Waals surface area contributed by atoms with Crippen molar-refractivity contribution < 1.29 is 9.18 Å². The van der Waals surface area contributed by atoms with Gasteiger partial charge in [-0.05, 0) is 24.6 Å². The first-order valence-electron chi connectivity index (χ1n) is 5.81. The maximum absolute atomic E-state index is 13.7. The number of aryl methyl sites for hydroxylation is 2. The molecule has 2 aromatic rings. The van der Waals surface area contributed by atoms with Gasteiger partial charge in [-0.2, -0.15) is 5.10 Å². The van der Waals surface area contributed by atoms with Crippen molar-refractivity contribution >= 4 is 11.6 Å². The number of rotatable bonds is 3. The highest BCUT2D eigenvalue weighted by atomic mass is 19.1. The topological polar surface area (TPSA) is 72.9 Å². The Hall–Kier alpha value is -2.21. The first kappa shape index (κ1) is 13.2. The highest BCUT2D eigenvalue weighted by Crippen LogP contribution is 2.17. The van der Waals surface area contributed by atoms with Gasteiger partial charge in [-0.25, -0.2) is 4.39 Å². The van der Waals surface area contributed by atoms with Crippen molar-refractivity contribution in [2.75, 3.05) is 5.32 Å². The van der Waals surface area contributed by atoms with Gasteiger partial charge in [0.25, 0.3) is 5.91 Å². The molecule has 1 heterocycles. The second kappa shape index (κ2) is 5.19. The van der Waals surface area contributed by atoms with E-state index in [4.69, 9.17) is 5.73 Å². The van der Waals surface area contributed by atoms with Crippen LogP contribution in [0, 0.1) is 12.7 Å². The standard InChI is InChI=1S/C13H15FN4O/c1-8-10(7-18(2)17-8)13(19)16-12-4-3-9(6-15)5-11(12)14/h3-5,7H,6,15H2,1-2H3,(H,16,19). The predicted molar refractivity (Wildman–Crippen MR) is 70.2 cm³/mol. The second-order valence-electron chi connectivity index (χ2n) is 4.27. The van der Waals surface area contributed by atoms with Crippen LogP contribution in [0.2, 0.25) is 0 Å². The number of halogens is 1. The Morgan fingerprint density at radius 3 is 2.79 bits per heavy atom. The van der Waals surface area contributed by atoms with Gasteiger partial charge in [0.05, 0.1) is 16.9 Å². The normalized spacial score (nSPS) is 10.5. The summed E-state index contributed by atoms with van der Waals surface area (Å²) in [4.78, 5) is 12.0. The van der Waals surface area contributed by atoms with Gasteiger partial charge in [-0.1, -0.05) is 6.07 Å². The molecule has 0 aliphatic heterocycles. The Morgan fingerprint density at radius 1 is 1.53 bits per heavy atom. The number of nitrogens with zero attached hydrogens (tertiary/aromatic N) is 2. The van der Waals surface area contributed by atoms with Crippen LogP contribution in [0.5, 0.6) is 0 Å². The van der Waals surface area contributed by atoms with Crippen molar-refractivity contribution in [1.29, 1.82) is 0 Å². The summed E-state index contributed by atoms with van der Waals surface area (Å²) in [7, 11) is 1.72. The molecule has 0 aliphatic rings. The second-order valence-corrected chi connectivity index (χ2v) is 4.27. The molecule has 0 radical (unpaired) electrons. The summed E-state index contributed by atoms with van der Waals surface area (Å²) in [5.74, 6) is -0.886. The molecule has 0 aliphatic carbocycles. The highest BCUT2D eigenvalue weighted by Gasteiger charge is 2.14. The molecule has 0 atom stereocenters. The molecular formula is C13H15FN4O. The summed E-state index contributed by atoms with van der Waals surface area (Å²) in [6.07, 6.45) is 1.59. The van der Waals surface area contributed by atoms with Gasteiger partial charge in [-0.15, -0.1) is 0 Å². The molecule has 3 N–H and O–H groups in total. The molecule has 0 spiro atoms. The third kappa shape index (κ3) is 2.79.